The normalized spacial score (nSPS) is 19.6. The first-order chi connectivity index (χ1) is 13.9. The van der Waals surface area contributed by atoms with E-state index in [-0.39, 0.29) is 24.7 Å². The Balaban J connectivity index is 1.58. The topological polar surface area (TPSA) is 92.8 Å². The van der Waals surface area contributed by atoms with E-state index in [9.17, 15) is 9.59 Å². The molecule has 2 amide bonds. The van der Waals surface area contributed by atoms with Crippen LogP contribution in [0.5, 0.6) is 0 Å². The fourth-order valence-corrected chi connectivity index (χ4v) is 3.97. The van der Waals surface area contributed by atoms with E-state index in [0.29, 0.717) is 16.4 Å². The highest BCUT2D eigenvalue weighted by atomic mass is 32.1. The van der Waals surface area contributed by atoms with Crippen LogP contribution in [-0.4, -0.2) is 53.8 Å². The van der Waals surface area contributed by atoms with Gasteiger partial charge in [-0.25, -0.2) is 9.78 Å². The Kier molecular flexibility index (Phi) is 7.18. The van der Waals surface area contributed by atoms with Crippen LogP contribution in [-0.2, 0) is 16.0 Å². The number of morpholine rings is 1. The predicted octanol–water partition coefficient (Wildman–Crippen LogP) is 3.57. The van der Waals surface area contributed by atoms with Crippen LogP contribution in [0, 0.1) is 0 Å². The summed E-state index contributed by atoms with van der Waals surface area (Å²) >= 11 is 1.39. The van der Waals surface area contributed by atoms with Gasteiger partial charge in [-0.2, -0.15) is 0 Å². The molecular formula is C20H26N4O4S. The first-order valence-corrected chi connectivity index (χ1v) is 10.5. The van der Waals surface area contributed by atoms with Crippen molar-refractivity contribution in [2.75, 3.05) is 30.3 Å². The molecule has 2 atom stereocenters. The third kappa shape index (κ3) is 6.25. The van der Waals surface area contributed by atoms with E-state index < -0.39 is 6.09 Å². The number of carbonyl (C=O) groups is 2. The second-order valence-corrected chi connectivity index (χ2v) is 7.83. The Morgan fingerprint density at radius 1 is 1.28 bits per heavy atom. The maximum Gasteiger partial charge on any atom is 0.411 e. The molecule has 0 aliphatic carbocycles. The van der Waals surface area contributed by atoms with Gasteiger partial charge in [-0.05, 0) is 39.0 Å². The summed E-state index contributed by atoms with van der Waals surface area (Å²) in [6.45, 7) is 8.60. The lowest BCUT2D eigenvalue weighted by molar-refractivity contribution is -0.0707. The second-order valence-electron chi connectivity index (χ2n) is 6.98. The number of thiazole rings is 1. The van der Waals surface area contributed by atoms with Gasteiger partial charge in [0.1, 0.15) is 0 Å². The monoisotopic (exact) mass is 418 g/mol. The van der Waals surface area contributed by atoms with Gasteiger partial charge in [-0.1, -0.05) is 6.07 Å². The Morgan fingerprint density at radius 3 is 2.76 bits per heavy atom. The van der Waals surface area contributed by atoms with E-state index in [4.69, 9.17) is 9.47 Å². The van der Waals surface area contributed by atoms with Crippen LogP contribution in [0.2, 0.25) is 0 Å². The SMILES string of the molecule is CCOC(=O)Nc1cccc(C(=O)Nc2nc(CN3C[C@@H](C)O[C@@H](C)C3)cs2)c1. The van der Waals surface area contributed by atoms with Gasteiger partial charge >= 0.3 is 6.09 Å². The molecule has 156 valence electrons. The average molecular weight is 419 g/mol. The minimum Gasteiger partial charge on any atom is -0.450 e. The molecule has 1 saturated heterocycles. The van der Waals surface area contributed by atoms with Crippen LogP contribution in [0.25, 0.3) is 0 Å². The number of ether oxygens (including phenoxy) is 2. The molecule has 8 nitrogen and oxygen atoms in total. The van der Waals surface area contributed by atoms with Crippen molar-refractivity contribution in [3.8, 4) is 0 Å². The van der Waals surface area contributed by atoms with Gasteiger partial charge in [-0.15, -0.1) is 11.3 Å². The molecule has 1 aliphatic heterocycles. The molecule has 0 unspecified atom stereocenters. The van der Waals surface area contributed by atoms with Crippen LogP contribution in [0.4, 0.5) is 15.6 Å². The quantitative estimate of drug-likeness (QED) is 0.745. The van der Waals surface area contributed by atoms with Gasteiger partial charge in [0.05, 0.1) is 24.5 Å². The van der Waals surface area contributed by atoms with Crippen molar-refractivity contribution in [2.45, 2.75) is 39.5 Å². The van der Waals surface area contributed by atoms with Crippen LogP contribution >= 0.6 is 11.3 Å². The van der Waals surface area contributed by atoms with E-state index in [1.165, 1.54) is 11.3 Å². The smallest absolute Gasteiger partial charge is 0.411 e. The van der Waals surface area contributed by atoms with Gasteiger partial charge in [0.25, 0.3) is 5.91 Å². The molecule has 1 aromatic carbocycles. The van der Waals surface area contributed by atoms with Crippen molar-refractivity contribution < 1.29 is 19.1 Å². The third-order valence-corrected chi connectivity index (χ3v) is 5.11. The highest BCUT2D eigenvalue weighted by molar-refractivity contribution is 7.14. The van der Waals surface area contributed by atoms with Crippen molar-refractivity contribution in [3.63, 3.8) is 0 Å². The molecule has 0 spiro atoms. The lowest BCUT2D eigenvalue weighted by Crippen LogP contribution is -2.44. The molecule has 0 bridgehead atoms. The third-order valence-electron chi connectivity index (χ3n) is 4.30. The summed E-state index contributed by atoms with van der Waals surface area (Å²) < 4.78 is 10.6. The number of anilines is 2. The number of aromatic nitrogens is 1. The van der Waals surface area contributed by atoms with E-state index in [1.807, 2.05) is 5.38 Å². The first kappa shape index (κ1) is 21.2. The molecule has 2 N–H and O–H groups in total. The van der Waals surface area contributed by atoms with E-state index in [0.717, 1.165) is 25.3 Å². The molecule has 2 heterocycles. The van der Waals surface area contributed by atoms with Crippen molar-refractivity contribution in [2.24, 2.45) is 0 Å². The Bertz CT molecular complexity index is 847. The molecule has 1 aromatic heterocycles. The van der Waals surface area contributed by atoms with Gasteiger partial charge in [0, 0.05) is 36.3 Å². The number of carbonyl (C=O) groups excluding carboxylic acids is 2. The van der Waals surface area contributed by atoms with Gasteiger partial charge < -0.3 is 9.47 Å². The van der Waals surface area contributed by atoms with E-state index in [2.05, 4.69) is 34.4 Å². The molecule has 3 rings (SSSR count). The largest absolute Gasteiger partial charge is 0.450 e. The Morgan fingerprint density at radius 2 is 2.03 bits per heavy atom. The molecule has 9 heteroatoms. The predicted molar refractivity (Wildman–Crippen MR) is 112 cm³/mol. The highest BCUT2D eigenvalue weighted by Gasteiger charge is 2.23. The molecule has 0 saturated carbocycles. The minimum atomic E-state index is -0.554. The fourth-order valence-electron chi connectivity index (χ4n) is 3.27. The summed E-state index contributed by atoms with van der Waals surface area (Å²) in [5.74, 6) is -0.285. The number of rotatable bonds is 6. The zero-order chi connectivity index (χ0) is 20.8. The maximum absolute atomic E-state index is 12.5. The minimum absolute atomic E-state index is 0.201. The number of hydrogen-bond acceptors (Lipinski definition) is 7. The maximum atomic E-state index is 12.5. The van der Waals surface area contributed by atoms with Gasteiger partial charge in [0.15, 0.2) is 5.13 Å². The molecule has 1 aliphatic rings. The first-order valence-electron chi connectivity index (χ1n) is 9.60. The zero-order valence-corrected chi connectivity index (χ0v) is 17.6. The van der Waals surface area contributed by atoms with Gasteiger partial charge in [0.2, 0.25) is 0 Å². The van der Waals surface area contributed by atoms with Crippen molar-refractivity contribution in [3.05, 3.63) is 40.9 Å². The molecular weight excluding hydrogens is 392 g/mol. The van der Waals surface area contributed by atoms with Crippen LogP contribution in [0.15, 0.2) is 29.6 Å². The van der Waals surface area contributed by atoms with E-state index >= 15 is 0 Å². The Hall–Kier alpha value is -2.49. The summed E-state index contributed by atoms with van der Waals surface area (Å²) in [7, 11) is 0. The summed E-state index contributed by atoms with van der Waals surface area (Å²) in [6, 6.07) is 6.66. The summed E-state index contributed by atoms with van der Waals surface area (Å²) in [4.78, 5) is 30.9. The summed E-state index contributed by atoms with van der Waals surface area (Å²) in [5.41, 5.74) is 1.84. The number of benzene rings is 1. The second kappa shape index (κ2) is 9.82. The summed E-state index contributed by atoms with van der Waals surface area (Å²) in [5, 5.41) is 7.91. The van der Waals surface area contributed by atoms with Crippen molar-refractivity contribution in [1.29, 1.82) is 0 Å². The number of nitrogens with one attached hydrogen (secondary N) is 2. The average Bonchev–Trinajstić information content (AvgIpc) is 3.08. The molecule has 29 heavy (non-hydrogen) atoms. The lowest BCUT2D eigenvalue weighted by atomic mass is 10.2. The number of nitrogens with zero attached hydrogens (tertiary/aromatic N) is 2. The fraction of sp³-hybridized carbons (Fsp3) is 0.450. The van der Waals surface area contributed by atoms with Gasteiger partial charge in [-0.3, -0.25) is 20.3 Å². The van der Waals surface area contributed by atoms with Crippen LogP contribution in [0.3, 0.4) is 0 Å². The van der Waals surface area contributed by atoms with Crippen molar-refractivity contribution in [1.82, 2.24) is 9.88 Å². The highest BCUT2D eigenvalue weighted by Crippen LogP contribution is 2.20. The van der Waals surface area contributed by atoms with Crippen LogP contribution < -0.4 is 10.6 Å². The lowest BCUT2D eigenvalue weighted by Gasteiger charge is -2.34. The number of hydrogen-bond donors (Lipinski definition) is 2. The molecule has 0 radical (unpaired) electrons. The zero-order valence-electron chi connectivity index (χ0n) is 16.8. The Labute approximate surface area is 174 Å². The molecule has 1 fully saturated rings. The van der Waals surface area contributed by atoms with Crippen molar-refractivity contribution >= 4 is 34.2 Å². The van der Waals surface area contributed by atoms with E-state index in [1.54, 1.807) is 31.2 Å². The standard InChI is InChI=1S/C20H26N4O4S/c1-4-27-20(26)22-16-7-5-6-15(8-16)18(25)23-19-21-17(12-29-19)11-24-9-13(2)28-14(3)10-24/h5-8,12-14H,4,9-11H2,1-3H3,(H,22,26)(H,21,23,25)/t13-,14+. The number of amides is 2. The summed E-state index contributed by atoms with van der Waals surface area (Å²) in [6.07, 6.45) is -0.152. The van der Waals surface area contributed by atoms with Crippen LogP contribution in [0.1, 0.15) is 36.8 Å². The molecule has 2 aromatic rings.